The predicted octanol–water partition coefficient (Wildman–Crippen LogP) is 3.61. The Balaban J connectivity index is 1.27. The molecular formula is C23H24N2O5. The molecule has 0 spiro atoms. The fraction of sp³-hybridized carbons (Fsp3) is 0.304. The van der Waals surface area contributed by atoms with Crippen LogP contribution in [-0.4, -0.2) is 47.7 Å². The van der Waals surface area contributed by atoms with E-state index < -0.39 is 0 Å². The van der Waals surface area contributed by atoms with Crippen LogP contribution in [0.2, 0.25) is 0 Å². The third kappa shape index (κ3) is 4.80. The van der Waals surface area contributed by atoms with Gasteiger partial charge in [0.25, 0.3) is 5.91 Å². The van der Waals surface area contributed by atoms with Gasteiger partial charge >= 0.3 is 0 Å². The molecular weight excluding hydrogens is 384 g/mol. The quantitative estimate of drug-likeness (QED) is 0.556. The molecule has 0 aliphatic carbocycles. The Bertz CT molecular complexity index is 983. The van der Waals surface area contributed by atoms with Crippen molar-refractivity contribution in [2.24, 2.45) is 0 Å². The Morgan fingerprint density at radius 1 is 0.967 bits per heavy atom. The van der Waals surface area contributed by atoms with Crippen molar-refractivity contribution in [3.8, 4) is 5.75 Å². The van der Waals surface area contributed by atoms with Crippen molar-refractivity contribution < 1.29 is 23.2 Å². The second-order valence-corrected chi connectivity index (χ2v) is 7.28. The van der Waals surface area contributed by atoms with E-state index in [-0.39, 0.29) is 18.3 Å². The molecule has 0 unspecified atom stereocenters. The topological polar surface area (TPSA) is 76.1 Å². The van der Waals surface area contributed by atoms with Crippen LogP contribution >= 0.6 is 0 Å². The molecule has 7 nitrogen and oxygen atoms in total. The molecule has 7 heteroatoms. The highest BCUT2D eigenvalue weighted by atomic mass is 16.5. The van der Waals surface area contributed by atoms with Crippen LogP contribution in [-0.2, 0) is 13.2 Å². The molecule has 1 aliphatic rings. The van der Waals surface area contributed by atoms with Gasteiger partial charge in [-0.15, -0.1) is 0 Å². The smallest absolute Gasteiger partial charge is 0.289 e. The average molecular weight is 408 g/mol. The SMILES string of the molecule is CC(=O)c1ccc(OCc2ccc(C(=O)N3CCN(Cc4ccco4)CC3)o2)cc1. The van der Waals surface area contributed by atoms with Crippen LogP contribution in [0.4, 0.5) is 0 Å². The summed E-state index contributed by atoms with van der Waals surface area (Å²) in [5.74, 6) is 2.37. The Morgan fingerprint density at radius 3 is 2.40 bits per heavy atom. The van der Waals surface area contributed by atoms with Crippen LogP contribution in [0.25, 0.3) is 0 Å². The highest BCUT2D eigenvalue weighted by Gasteiger charge is 2.24. The summed E-state index contributed by atoms with van der Waals surface area (Å²) in [6, 6.07) is 14.2. The van der Waals surface area contributed by atoms with Crippen molar-refractivity contribution in [2.75, 3.05) is 26.2 Å². The van der Waals surface area contributed by atoms with Crippen molar-refractivity contribution in [2.45, 2.75) is 20.1 Å². The molecule has 3 aromatic rings. The Morgan fingerprint density at radius 2 is 1.73 bits per heavy atom. The van der Waals surface area contributed by atoms with Gasteiger partial charge in [0.05, 0.1) is 12.8 Å². The average Bonchev–Trinajstić information content (AvgIpc) is 3.45. The maximum Gasteiger partial charge on any atom is 0.289 e. The van der Waals surface area contributed by atoms with Crippen molar-refractivity contribution in [1.82, 2.24) is 9.80 Å². The molecule has 1 saturated heterocycles. The third-order valence-corrected chi connectivity index (χ3v) is 5.13. The number of hydrogen-bond acceptors (Lipinski definition) is 6. The number of rotatable bonds is 7. The monoisotopic (exact) mass is 408 g/mol. The number of ether oxygens (including phenoxy) is 1. The van der Waals surface area contributed by atoms with E-state index in [0.29, 0.717) is 35.9 Å². The zero-order valence-corrected chi connectivity index (χ0v) is 16.9. The number of carbonyl (C=O) groups excluding carboxylic acids is 2. The number of ketones is 1. The molecule has 2 aromatic heterocycles. The van der Waals surface area contributed by atoms with Crippen molar-refractivity contribution in [3.05, 3.63) is 77.6 Å². The van der Waals surface area contributed by atoms with Gasteiger partial charge in [0.15, 0.2) is 11.5 Å². The van der Waals surface area contributed by atoms with E-state index in [1.54, 1.807) is 42.7 Å². The molecule has 0 atom stereocenters. The molecule has 3 heterocycles. The fourth-order valence-electron chi connectivity index (χ4n) is 3.40. The van der Waals surface area contributed by atoms with Gasteiger partial charge in [-0.2, -0.15) is 0 Å². The largest absolute Gasteiger partial charge is 0.486 e. The van der Waals surface area contributed by atoms with Crippen molar-refractivity contribution >= 4 is 11.7 Å². The van der Waals surface area contributed by atoms with Gasteiger partial charge in [0, 0.05) is 31.7 Å². The van der Waals surface area contributed by atoms with Gasteiger partial charge in [0.2, 0.25) is 0 Å². The zero-order chi connectivity index (χ0) is 20.9. The van der Waals surface area contributed by atoms with E-state index in [9.17, 15) is 9.59 Å². The van der Waals surface area contributed by atoms with Crippen LogP contribution < -0.4 is 4.74 Å². The molecule has 4 rings (SSSR count). The van der Waals surface area contributed by atoms with Crippen LogP contribution in [0.15, 0.2) is 63.6 Å². The minimum Gasteiger partial charge on any atom is -0.486 e. The summed E-state index contributed by atoms with van der Waals surface area (Å²) in [5, 5.41) is 0. The van der Waals surface area contributed by atoms with Crippen LogP contribution in [0.5, 0.6) is 5.75 Å². The van der Waals surface area contributed by atoms with Crippen molar-refractivity contribution in [3.63, 3.8) is 0 Å². The van der Waals surface area contributed by atoms with Crippen LogP contribution in [0.3, 0.4) is 0 Å². The minimum atomic E-state index is -0.107. The molecule has 1 fully saturated rings. The predicted molar refractivity (Wildman–Crippen MR) is 109 cm³/mol. The second-order valence-electron chi connectivity index (χ2n) is 7.28. The van der Waals surface area contributed by atoms with E-state index in [4.69, 9.17) is 13.6 Å². The molecule has 156 valence electrons. The molecule has 0 bridgehead atoms. The summed E-state index contributed by atoms with van der Waals surface area (Å²) in [4.78, 5) is 28.1. The van der Waals surface area contributed by atoms with Gasteiger partial charge in [-0.1, -0.05) is 0 Å². The summed E-state index contributed by atoms with van der Waals surface area (Å²) in [5.41, 5.74) is 0.637. The molecule has 0 N–H and O–H groups in total. The molecule has 0 saturated carbocycles. The molecule has 30 heavy (non-hydrogen) atoms. The van der Waals surface area contributed by atoms with Gasteiger partial charge in [-0.25, -0.2) is 0 Å². The summed E-state index contributed by atoms with van der Waals surface area (Å²) in [6.45, 7) is 5.37. The standard InChI is InChI=1S/C23H24N2O5/c1-17(26)18-4-6-19(7-5-18)29-16-21-8-9-22(30-21)23(27)25-12-10-24(11-13-25)15-20-3-2-14-28-20/h2-9,14H,10-13,15-16H2,1H3. The number of hydrogen-bond donors (Lipinski definition) is 0. The van der Waals surface area contributed by atoms with Crippen LogP contribution in [0.1, 0.15) is 39.4 Å². The lowest BCUT2D eigenvalue weighted by atomic mass is 10.1. The molecule has 1 aromatic carbocycles. The van der Waals surface area contributed by atoms with E-state index in [1.165, 1.54) is 6.92 Å². The maximum absolute atomic E-state index is 12.7. The van der Waals surface area contributed by atoms with E-state index in [2.05, 4.69) is 4.90 Å². The van der Waals surface area contributed by atoms with E-state index >= 15 is 0 Å². The number of benzene rings is 1. The lowest BCUT2D eigenvalue weighted by molar-refractivity contribution is 0.0586. The van der Waals surface area contributed by atoms with Gasteiger partial charge in [-0.05, 0) is 55.5 Å². The maximum atomic E-state index is 12.7. The van der Waals surface area contributed by atoms with Crippen LogP contribution in [0, 0.1) is 0 Å². The number of nitrogens with zero attached hydrogens (tertiary/aromatic N) is 2. The Kier molecular flexibility index (Phi) is 5.99. The van der Waals surface area contributed by atoms with E-state index in [1.807, 2.05) is 17.0 Å². The Hall–Kier alpha value is -3.32. The zero-order valence-electron chi connectivity index (χ0n) is 16.9. The molecule has 0 radical (unpaired) electrons. The third-order valence-electron chi connectivity index (χ3n) is 5.13. The first-order chi connectivity index (χ1) is 14.6. The number of furan rings is 2. The highest BCUT2D eigenvalue weighted by molar-refractivity contribution is 5.94. The summed E-state index contributed by atoms with van der Waals surface area (Å²) in [6.07, 6.45) is 1.68. The Labute approximate surface area is 174 Å². The van der Waals surface area contributed by atoms with Gasteiger partial charge in [-0.3, -0.25) is 14.5 Å². The van der Waals surface area contributed by atoms with Gasteiger partial charge < -0.3 is 18.5 Å². The number of piperazine rings is 1. The lowest BCUT2D eigenvalue weighted by Crippen LogP contribution is -2.48. The highest BCUT2D eigenvalue weighted by Crippen LogP contribution is 2.18. The number of Topliss-reactive ketones (excluding diaryl/α,β-unsaturated/α-hetero) is 1. The number of amides is 1. The van der Waals surface area contributed by atoms with Crippen molar-refractivity contribution in [1.29, 1.82) is 0 Å². The fourth-order valence-corrected chi connectivity index (χ4v) is 3.40. The second kappa shape index (κ2) is 9.00. The van der Waals surface area contributed by atoms with E-state index in [0.717, 1.165) is 25.4 Å². The first-order valence-corrected chi connectivity index (χ1v) is 9.95. The van der Waals surface area contributed by atoms with Gasteiger partial charge in [0.1, 0.15) is 23.9 Å². The first-order valence-electron chi connectivity index (χ1n) is 9.95. The summed E-state index contributed by atoms with van der Waals surface area (Å²) >= 11 is 0. The minimum absolute atomic E-state index is 0.0116. The molecule has 1 aliphatic heterocycles. The number of carbonyl (C=O) groups is 2. The lowest BCUT2D eigenvalue weighted by Gasteiger charge is -2.33. The molecule has 1 amide bonds. The normalized spacial score (nSPS) is 14.6. The summed E-state index contributed by atoms with van der Waals surface area (Å²) < 4.78 is 16.8. The summed E-state index contributed by atoms with van der Waals surface area (Å²) in [7, 11) is 0. The first kappa shape index (κ1) is 20.0.